The molecule has 0 aliphatic carbocycles. The van der Waals surface area contributed by atoms with Gasteiger partial charge in [-0.05, 0) is 63.2 Å². The van der Waals surface area contributed by atoms with Gasteiger partial charge in [0.25, 0.3) is 0 Å². The van der Waals surface area contributed by atoms with E-state index in [2.05, 4.69) is 0 Å². The van der Waals surface area contributed by atoms with Gasteiger partial charge >= 0.3 is 5.97 Å². The number of rotatable bonds is 5. The van der Waals surface area contributed by atoms with Crippen LogP contribution in [0.5, 0.6) is 0 Å². The summed E-state index contributed by atoms with van der Waals surface area (Å²) >= 11 is 5.96. The van der Waals surface area contributed by atoms with Gasteiger partial charge in [-0.15, -0.1) is 0 Å². The van der Waals surface area contributed by atoms with E-state index in [4.69, 9.17) is 16.3 Å². The van der Waals surface area contributed by atoms with Crippen LogP contribution >= 0.6 is 11.6 Å². The average molecular weight is 385 g/mol. The zero-order chi connectivity index (χ0) is 19.7. The highest BCUT2D eigenvalue weighted by Gasteiger charge is 2.25. The maximum Gasteiger partial charge on any atom is 0.355 e. The highest BCUT2D eigenvalue weighted by atomic mass is 35.5. The molecule has 0 N–H and O–H groups in total. The predicted octanol–water partition coefficient (Wildman–Crippen LogP) is 4.51. The Morgan fingerprint density at radius 3 is 2.37 bits per heavy atom. The van der Waals surface area contributed by atoms with Crippen molar-refractivity contribution in [2.45, 2.75) is 26.9 Å². The number of halogens is 1. The molecule has 1 atom stereocenters. The van der Waals surface area contributed by atoms with Gasteiger partial charge in [0.2, 0.25) is 5.78 Å². The third-order valence-electron chi connectivity index (χ3n) is 4.59. The quantitative estimate of drug-likeness (QED) is 0.480. The molecule has 0 bridgehead atoms. The summed E-state index contributed by atoms with van der Waals surface area (Å²) in [5.74, 6) is -0.749. The van der Waals surface area contributed by atoms with Gasteiger partial charge < -0.3 is 13.9 Å². The van der Waals surface area contributed by atoms with E-state index in [9.17, 15) is 9.59 Å². The number of benzene rings is 1. The summed E-state index contributed by atoms with van der Waals surface area (Å²) in [7, 11) is 1.75. The molecule has 0 fully saturated rings. The van der Waals surface area contributed by atoms with Crippen molar-refractivity contribution in [1.82, 2.24) is 9.13 Å². The van der Waals surface area contributed by atoms with Crippen LogP contribution in [0.4, 0.5) is 0 Å². The second-order valence-electron chi connectivity index (χ2n) is 6.51. The number of aromatic nitrogens is 2. The molecule has 27 heavy (non-hydrogen) atoms. The average Bonchev–Trinajstić information content (AvgIpc) is 3.18. The molecule has 0 unspecified atom stereocenters. The van der Waals surface area contributed by atoms with Crippen molar-refractivity contribution in [3.8, 4) is 5.69 Å². The monoisotopic (exact) mass is 384 g/mol. The van der Waals surface area contributed by atoms with Crippen LogP contribution in [-0.4, -0.2) is 27.0 Å². The van der Waals surface area contributed by atoms with Crippen molar-refractivity contribution >= 4 is 23.4 Å². The van der Waals surface area contributed by atoms with Crippen molar-refractivity contribution in [2.24, 2.45) is 7.05 Å². The van der Waals surface area contributed by atoms with Gasteiger partial charge in [0.1, 0.15) is 5.69 Å². The predicted molar refractivity (Wildman–Crippen MR) is 105 cm³/mol. The van der Waals surface area contributed by atoms with Gasteiger partial charge in [-0.25, -0.2) is 4.79 Å². The number of ether oxygens (including phenoxy) is 1. The summed E-state index contributed by atoms with van der Waals surface area (Å²) in [6.45, 7) is 5.40. The number of carbonyl (C=O) groups excluding carboxylic acids is 2. The van der Waals surface area contributed by atoms with Crippen LogP contribution in [0.25, 0.3) is 5.69 Å². The third-order valence-corrected chi connectivity index (χ3v) is 4.84. The molecule has 2 aromatic heterocycles. The first-order chi connectivity index (χ1) is 12.8. The van der Waals surface area contributed by atoms with Crippen LogP contribution in [-0.2, 0) is 11.8 Å². The van der Waals surface area contributed by atoms with Crippen LogP contribution in [0.15, 0.2) is 48.7 Å². The minimum atomic E-state index is -0.883. The number of hydrogen-bond donors (Lipinski definition) is 0. The summed E-state index contributed by atoms with van der Waals surface area (Å²) in [4.78, 5) is 25.2. The number of carbonyl (C=O) groups is 2. The molecule has 0 aliphatic rings. The van der Waals surface area contributed by atoms with E-state index in [0.717, 1.165) is 17.1 Å². The van der Waals surface area contributed by atoms with Crippen LogP contribution in [0, 0.1) is 13.8 Å². The summed E-state index contributed by atoms with van der Waals surface area (Å²) < 4.78 is 9.02. The highest BCUT2D eigenvalue weighted by Crippen LogP contribution is 2.24. The van der Waals surface area contributed by atoms with E-state index < -0.39 is 12.1 Å². The molecule has 6 heteroatoms. The Labute approximate surface area is 163 Å². The van der Waals surface area contributed by atoms with Crippen molar-refractivity contribution in [2.75, 3.05) is 0 Å². The molecule has 0 spiro atoms. The molecule has 1 aromatic carbocycles. The van der Waals surface area contributed by atoms with Gasteiger partial charge in [0.05, 0.1) is 0 Å². The summed E-state index contributed by atoms with van der Waals surface area (Å²) in [6.07, 6.45) is 0.870. The van der Waals surface area contributed by atoms with E-state index in [1.807, 2.05) is 48.7 Å². The van der Waals surface area contributed by atoms with Gasteiger partial charge in [-0.2, -0.15) is 0 Å². The second-order valence-corrected chi connectivity index (χ2v) is 6.95. The van der Waals surface area contributed by atoms with Crippen molar-refractivity contribution in [3.63, 3.8) is 0 Å². The number of ketones is 1. The molecule has 3 aromatic rings. The third kappa shape index (κ3) is 3.69. The molecule has 0 saturated carbocycles. The number of Topliss-reactive ketones (excluding diaryl/α,β-unsaturated/α-hetero) is 1. The first kappa shape index (κ1) is 19.0. The number of hydrogen-bond acceptors (Lipinski definition) is 3. The summed E-state index contributed by atoms with van der Waals surface area (Å²) in [6, 6.07) is 12.6. The fourth-order valence-corrected chi connectivity index (χ4v) is 3.29. The van der Waals surface area contributed by atoms with Crippen molar-refractivity contribution in [3.05, 3.63) is 76.3 Å². The van der Waals surface area contributed by atoms with Gasteiger partial charge in [0.15, 0.2) is 6.10 Å². The number of esters is 1. The lowest BCUT2D eigenvalue weighted by Gasteiger charge is -2.13. The first-order valence-electron chi connectivity index (χ1n) is 8.61. The number of nitrogens with zero attached hydrogens (tertiary/aromatic N) is 2. The van der Waals surface area contributed by atoms with E-state index in [1.165, 1.54) is 0 Å². The Hall–Kier alpha value is -2.79. The molecule has 5 nitrogen and oxygen atoms in total. The lowest BCUT2D eigenvalue weighted by Crippen LogP contribution is -2.25. The fourth-order valence-electron chi connectivity index (χ4n) is 3.17. The lowest BCUT2D eigenvalue weighted by molar-refractivity contribution is 0.0309. The molecular weight excluding hydrogens is 364 g/mol. The minimum absolute atomic E-state index is 0.231. The maximum absolute atomic E-state index is 12.9. The molecule has 3 rings (SSSR count). The summed E-state index contributed by atoms with van der Waals surface area (Å²) in [5.41, 5.74) is 3.57. The van der Waals surface area contributed by atoms with Gasteiger partial charge in [-0.1, -0.05) is 11.6 Å². The fraction of sp³-hybridized carbons (Fsp3) is 0.238. The maximum atomic E-state index is 12.9. The van der Waals surface area contributed by atoms with Gasteiger partial charge in [-0.3, -0.25) is 4.79 Å². The van der Waals surface area contributed by atoms with E-state index in [1.54, 1.807) is 36.9 Å². The normalized spacial score (nSPS) is 12.0. The molecule has 2 heterocycles. The molecule has 0 aliphatic heterocycles. The highest BCUT2D eigenvalue weighted by molar-refractivity contribution is 6.30. The van der Waals surface area contributed by atoms with Crippen LogP contribution in [0.1, 0.15) is 39.2 Å². The summed E-state index contributed by atoms with van der Waals surface area (Å²) in [5, 5.41) is 0.652. The standard InChI is InChI=1S/C21H21ClN2O3/c1-13-12-18(14(2)24(13)17-9-7-16(22)8-10-17)20(25)15(3)27-21(26)19-6-5-11-23(19)4/h5-12,15H,1-4H3/t15-/m0/s1. The van der Waals surface area contributed by atoms with E-state index >= 15 is 0 Å². The van der Waals surface area contributed by atoms with Crippen LogP contribution in [0.2, 0.25) is 5.02 Å². The van der Waals surface area contributed by atoms with Crippen molar-refractivity contribution < 1.29 is 14.3 Å². The minimum Gasteiger partial charge on any atom is -0.450 e. The second kappa shape index (κ2) is 7.45. The Balaban J connectivity index is 1.85. The Bertz CT molecular complexity index is 999. The SMILES string of the molecule is Cc1cc(C(=O)[C@H](C)OC(=O)c2cccn2C)c(C)n1-c1ccc(Cl)cc1. The Kier molecular flexibility index (Phi) is 5.24. The zero-order valence-electron chi connectivity index (χ0n) is 15.7. The molecule has 140 valence electrons. The Morgan fingerprint density at radius 1 is 1.11 bits per heavy atom. The zero-order valence-corrected chi connectivity index (χ0v) is 16.4. The largest absolute Gasteiger partial charge is 0.450 e. The Morgan fingerprint density at radius 2 is 1.78 bits per heavy atom. The topological polar surface area (TPSA) is 53.2 Å². The molecule has 0 amide bonds. The first-order valence-corrected chi connectivity index (χ1v) is 8.98. The molecular formula is C21H21ClN2O3. The smallest absolute Gasteiger partial charge is 0.355 e. The van der Waals surface area contributed by atoms with E-state index in [-0.39, 0.29) is 5.78 Å². The van der Waals surface area contributed by atoms with Gasteiger partial charge in [0, 0.05) is 40.9 Å². The van der Waals surface area contributed by atoms with Crippen LogP contribution < -0.4 is 0 Å². The lowest BCUT2D eigenvalue weighted by atomic mass is 10.1. The van der Waals surface area contributed by atoms with Crippen LogP contribution in [0.3, 0.4) is 0 Å². The number of aryl methyl sites for hydroxylation is 2. The molecule has 0 saturated heterocycles. The molecule has 0 radical (unpaired) electrons. The van der Waals surface area contributed by atoms with E-state index in [0.29, 0.717) is 16.3 Å². The van der Waals surface area contributed by atoms with Crippen molar-refractivity contribution in [1.29, 1.82) is 0 Å².